The largest absolute Gasteiger partial charge is 0.351 e. The molecule has 0 radical (unpaired) electrons. The van der Waals surface area contributed by atoms with Crippen LogP contribution < -0.4 is 29.4 Å². The van der Waals surface area contributed by atoms with Crippen molar-refractivity contribution in [3.63, 3.8) is 0 Å². The second-order valence-electron chi connectivity index (χ2n) is 31.3. The van der Waals surface area contributed by atoms with E-state index in [1.165, 1.54) is 173 Å². The van der Waals surface area contributed by atoms with Crippen LogP contribution in [0.2, 0.25) is 0 Å². The molecule has 115 heavy (non-hydrogen) atoms. The van der Waals surface area contributed by atoms with E-state index in [1.54, 1.807) is 0 Å². The molecule has 0 unspecified atom stereocenters. The molecular weight excluding hydrogens is 1400 g/mol. The molecule has 0 amide bonds. The molecular formula is C106H87N9. The summed E-state index contributed by atoms with van der Waals surface area (Å²) in [5, 5.41) is 0. The minimum Gasteiger partial charge on any atom is -0.351 e. The van der Waals surface area contributed by atoms with Gasteiger partial charge >= 0.3 is 0 Å². The SMILES string of the molecule is Cc1cc2c(cc1N1c3ncccc3N(C(C)C)[C@@H]1C)-c1ccccc1-c1ccccc1-c1ccccc1-2.Cc1cc2c(cc1N1c3ncccc3N(C)[C@@H]1C)-c1ccccc1-c1ccccc1-c1ccccc1-2.Cc1cc2c(cc1N1c3ncccc3N(c3ccccc3)[C@@H]1C)-c1ccccc1-c1ccccc1-c1ccccc1-2. The predicted molar refractivity (Wildman–Crippen MR) is 482 cm³/mol. The standard InChI is InChI=1S/C38H29N3.C35H31N3.C33H27N3/c1-25-23-34-32-19-10-8-17-30(32)28-15-6-7-16-29(28)31-18-9-11-20-33(31)35(34)24-37(25)41-26(2)40(27-13-4-3-5-14-27)36-21-12-22-39-38(36)41;1-22(2)37-24(4)38(35-33(37)18-11-19-36-35)34-21-32-30-17-10-8-15-28(30)26-13-6-5-12-25(26)27-14-7-9-16-29(27)31(32)20-23(34)3;1-21-19-29-27-15-8-6-13-25(27)23-11-4-5-12-24(23)26-14-7-9-16-28(26)30(29)20-32(21)36-22(2)35(3)31-17-10-18-34-33(31)36/h3-24,26H,1-2H3;5-22,24H,1-4H3;4-20,22H,1-3H3/t26-;24-;22-/m000/s1. The van der Waals surface area contributed by atoms with Gasteiger partial charge < -0.3 is 29.4 Å². The van der Waals surface area contributed by atoms with Gasteiger partial charge in [0.15, 0.2) is 17.5 Å². The van der Waals surface area contributed by atoms with Crippen LogP contribution in [0.25, 0.3) is 134 Å². The molecule has 0 saturated carbocycles. The minimum absolute atomic E-state index is 0.0517. The first-order valence-electron chi connectivity index (χ1n) is 40.3. The number of fused-ring (bicyclic) bond motifs is 27. The Kier molecular flexibility index (Phi) is 17.3. The summed E-state index contributed by atoms with van der Waals surface area (Å²) in [6, 6.07) is 117. The molecule has 3 aromatic heterocycles. The molecule has 3 atom stereocenters. The molecule has 3 aliphatic heterocycles. The molecule has 16 aromatic rings. The fraction of sp³-hybridized carbons (Fsp3) is 0.123. The molecule has 9 heteroatoms. The highest BCUT2D eigenvalue weighted by Gasteiger charge is 2.41. The lowest BCUT2D eigenvalue weighted by Gasteiger charge is -2.34. The van der Waals surface area contributed by atoms with E-state index in [4.69, 9.17) is 15.0 Å². The van der Waals surface area contributed by atoms with Gasteiger partial charge in [-0.15, -0.1) is 0 Å². The Balaban J connectivity index is 0.000000112. The van der Waals surface area contributed by atoms with Crippen LogP contribution >= 0.6 is 0 Å². The van der Waals surface area contributed by atoms with Crippen LogP contribution in [0, 0.1) is 20.8 Å². The third-order valence-electron chi connectivity index (χ3n) is 24.6. The van der Waals surface area contributed by atoms with Gasteiger partial charge in [0.2, 0.25) is 0 Å². The van der Waals surface area contributed by atoms with Gasteiger partial charge in [-0.3, -0.25) is 0 Å². The summed E-state index contributed by atoms with van der Waals surface area (Å²) in [6.07, 6.45) is 6.09. The van der Waals surface area contributed by atoms with Gasteiger partial charge in [-0.2, -0.15) is 0 Å². The third kappa shape index (κ3) is 11.4. The zero-order valence-corrected chi connectivity index (χ0v) is 66.2. The van der Waals surface area contributed by atoms with Crippen molar-refractivity contribution in [1.82, 2.24) is 15.0 Å². The highest BCUT2D eigenvalue weighted by atomic mass is 15.5. The van der Waals surface area contributed by atoms with Crippen LogP contribution in [0.1, 0.15) is 51.3 Å². The number of aromatic nitrogens is 3. The van der Waals surface area contributed by atoms with Crippen molar-refractivity contribution in [3.05, 3.63) is 357 Å². The number of pyridine rings is 3. The number of para-hydroxylation sites is 1. The number of hydrogen-bond donors (Lipinski definition) is 0. The summed E-state index contributed by atoms with van der Waals surface area (Å²) in [5.74, 6) is 3.03. The van der Waals surface area contributed by atoms with E-state index in [9.17, 15) is 0 Å². The van der Waals surface area contributed by atoms with E-state index in [0.29, 0.717) is 6.04 Å². The second kappa shape index (κ2) is 28.4. The number of nitrogens with zero attached hydrogens (tertiary/aromatic N) is 9. The summed E-state index contributed by atoms with van der Waals surface area (Å²) in [7, 11) is 2.15. The highest BCUT2D eigenvalue weighted by molar-refractivity contribution is 6.08. The first-order valence-corrected chi connectivity index (χ1v) is 40.3. The fourth-order valence-corrected chi connectivity index (χ4v) is 19.3. The molecule has 9 nitrogen and oxygen atoms in total. The summed E-state index contributed by atoms with van der Waals surface area (Å²) in [6.45, 7) is 18.0. The number of rotatable bonds is 5. The number of hydrogen-bond acceptors (Lipinski definition) is 9. The minimum atomic E-state index is 0.0517. The molecule has 22 rings (SSSR count). The van der Waals surface area contributed by atoms with E-state index in [-0.39, 0.29) is 18.5 Å². The average Bonchev–Trinajstić information content (AvgIpc) is 1.09. The molecule has 0 N–H and O–H groups in total. The first-order chi connectivity index (χ1) is 56.4. The Morgan fingerprint density at radius 2 is 0.461 bits per heavy atom. The maximum atomic E-state index is 4.92. The summed E-state index contributed by atoms with van der Waals surface area (Å²) in [4.78, 5) is 29.0. The predicted octanol–water partition coefficient (Wildman–Crippen LogP) is 27.4. The Hall–Kier alpha value is -13.9. The summed E-state index contributed by atoms with van der Waals surface area (Å²) < 4.78 is 0. The zero-order chi connectivity index (χ0) is 77.9. The van der Waals surface area contributed by atoms with Crippen molar-refractivity contribution in [2.24, 2.45) is 0 Å². The van der Waals surface area contributed by atoms with Crippen molar-refractivity contribution in [1.29, 1.82) is 0 Å². The number of aryl methyl sites for hydroxylation is 3. The molecule has 6 aliphatic rings. The molecule has 0 fully saturated rings. The third-order valence-corrected chi connectivity index (χ3v) is 24.6. The van der Waals surface area contributed by atoms with E-state index >= 15 is 0 Å². The van der Waals surface area contributed by atoms with Crippen molar-refractivity contribution >= 4 is 57.3 Å². The lowest BCUT2D eigenvalue weighted by molar-refractivity contribution is 0.606. The maximum Gasteiger partial charge on any atom is 0.158 e. The lowest BCUT2D eigenvalue weighted by Crippen LogP contribution is -2.42. The molecule has 3 aliphatic carbocycles. The van der Waals surface area contributed by atoms with E-state index in [1.807, 2.05) is 36.8 Å². The Morgan fingerprint density at radius 3 is 0.765 bits per heavy atom. The van der Waals surface area contributed by atoms with Crippen molar-refractivity contribution < 1.29 is 0 Å². The van der Waals surface area contributed by atoms with Gasteiger partial charge in [-0.1, -0.05) is 237 Å². The lowest BCUT2D eigenvalue weighted by atomic mass is 9.80. The van der Waals surface area contributed by atoms with Crippen molar-refractivity contribution in [3.8, 4) is 134 Å². The zero-order valence-electron chi connectivity index (χ0n) is 66.2. The fourth-order valence-electron chi connectivity index (χ4n) is 19.3. The van der Waals surface area contributed by atoms with Gasteiger partial charge in [0.1, 0.15) is 18.5 Å². The van der Waals surface area contributed by atoms with Gasteiger partial charge in [0.05, 0.1) is 17.1 Å². The van der Waals surface area contributed by atoms with Crippen LogP contribution in [0.15, 0.2) is 340 Å². The average molecular weight is 1490 g/mol. The van der Waals surface area contributed by atoms with E-state index in [0.717, 1.165) is 34.5 Å². The second-order valence-corrected chi connectivity index (χ2v) is 31.3. The van der Waals surface area contributed by atoms with Gasteiger partial charge in [-0.25, -0.2) is 15.0 Å². The Labute approximate surface area is 674 Å². The Bertz CT molecular complexity index is 6540. The van der Waals surface area contributed by atoms with Gasteiger partial charge in [0, 0.05) is 54.4 Å². The van der Waals surface area contributed by atoms with Crippen molar-refractivity contribution in [2.45, 2.75) is 79.9 Å². The van der Waals surface area contributed by atoms with Crippen LogP contribution in [-0.2, 0) is 0 Å². The van der Waals surface area contributed by atoms with Crippen molar-refractivity contribution in [2.75, 3.05) is 36.4 Å². The molecule has 0 saturated heterocycles. The highest BCUT2D eigenvalue weighted by Crippen LogP contribution is 2.57. The van der Waals surface area contributed by atoms with Gasteiger partial charge in [0.25, 0.3) is 0 Å². The monoisotopic (exact) mass is 1490 g/mol. The van der Waals surface area contributed by atoms with Crippen LogP contribution in [0.4, 0.5) is 57.3 Å². The molecule has 13 aromatic carbocycles. The van der Waals surface area contributed by atoms with Gasteiger partial charge in [-0.05, 0) is 291 Å². The normalized spacial score (nSPS) is 15.1. The summed E-state index contributed by atoms with van der Waals surface area (Å²) in [5.41, 5.74) is 42.3. The van der Waals surface area contributed by atoms with Crippen LogP contribution in [-0.4, -0.2) is 46.5 Å². The van der Waals surface area contributed by atoms with Crippen LogP contribution in [0.5, 0.6) is 0 Å². The Morgan fingerprint density at radius 1 is 0.226 bits per heavy atom. The number of benzene rings is 13. The molecule has 0 spiro atoms. The first kappa shape index (κ1) is 70.2. The number of anilines is 10. The quantitative estimate of drug-likeness (QED) is 0.168. The smallest absolute Gasteiger partial charge is 0.158 e. The molecule has 6 heterocycles. The van der Waals surface area contributed by atoms with E-state index in [2.05, 4.69) is 395 Å². The topological polar surface area (TPSA) is 58.1 Å². The summed E-state index contributed by atoms with van der Waals surface area (Å²) >= 11 is 0. The van der Waals surface area contributed by atoms with E-state index < -0.39 is 0 Å². The molecule has 556 valence electrons. The van der Waals surface area contributed by atoms with Crippen LogP contribution in [0.3, 0.4) is 0 Å². The maximum absolute atomic E-state index is 4.92. The molecule has 0 bridgehead atoms.